The fourth-order valence-corrected chi connectivity index (χ4v) is 2.00. The van der Waals surface area contributed by atoms with Gasteiger partial charge in [0.05, 0.1) is 4.47 Å². The minimum absolute atomic E-state index is 0.0760. The van der Waals surface area contributed by atoms with Gasteiger partial charge in [0.2, 0.25) is 0 Å². The number of nitrogens with two attached hydrogens (primary N) is 1. The van der Waals surface area contributed by atoms with Crippen molar-refractivity contribution in [2.75, 3.05) is 6.61 Å². The summed E-state index contributed by atoms with van der Waals surface area (Å²) in [6, 6.07) is 7.90. The second-order valence-corrected chi connectivity index (χ2v) is 6.12. The minimum atomic E-state index is 0.0760. The Balaban J connectivity index is 2.43. The number of ether oxygens (including phenoxy) is 1. The summed E-state index contributed by atoms with van der Waals surface area (Å²) in [6.45, 7) is 7.11. The van der Waals surface area contributed by atoms with Gasteiger partial charge in [-0.2, -0.15) is 0 Å². The van der Waals surface area contributed by atoms with Gasteiger partial charge in [-0.05, 0) is 39.9 Å². The van der Waals surface area contributed by atoms with Crippen LogP contribution in [-0.2, 0) is 0 Å². The van der Waals surface area contributed by atoms with E-state index in [1.807, 2.05) is 24.3 Å². The van der Waals surface area contributed by atoms with Gasteiger partial charge in [-0.1, -0.05) is 32.9 Å². The van der Waals surface area contributed by atoms with E-state index < -0.39 is 0 Å². The molecular weight excluding hydrogens is 266 g/mol. The fourth-order valence-electron chi connectivity index (χ4n) is 1.60. The second kappa shape index (κ2) is 5.69. The Bertz CT molecular complexity index is 333. The molecule has 0 fully saturated rings. The molecule has 1 aromatic carbocycles. The predicted molar refractivity (Wildman–Crippen MR) is 71.7 cm³/mol. The molecule has 1 atom stereocenters. The quantitative estimate of drug-likeness (QED) is 0.918. The highest BCUT2D eigenvalue weighted by Gasteiger charge is 2.16. The number of rotatable bonds is 4. The smallest absolute Gasteiger partial charge is 0.133 e. The van der Waals surface area contributed by atoms with Gasteiger partial charge in [0, 0.05) is 6.04 Å². The lowest BCUT2D eigenvalue weighted by Crippen LogP contribution is -2.32. The maximum atomic E-state index is 6.02. The van der Waals surface area contributed by atoms with Crippen molar-refractivity contribution >= 4 is 15.9 Å². The van der Waals surface area contributed by atoms with Crippen molar-refractivity contribution in [3.8, 4) is 5.75 Å². The molecule has 2 nitrogen and oxygen atoms in total. The molecule has 0 aliphatic carbocycles. The molecule has 3 heteroatoms. The van der Waals surface area contributed by atoms with Gasteiger partial charge >= 0.3 is 0 Å². The summed E-state index contributed by atoms with van der Waals surface area (Å²) in [6.07, 6.45) is 0.956. The first-order valence-electron chi connectivity index (χ1n) is 5.51. The van der Waals surface area contributed by atoms with Crippen LogP contribution in [0.1, 0.15) is 27.2 Å². The van der Waals surface area contributed by atoms with Gasteiger partial charge in [-0.15, -0.1) is 0 Å². The Hall–Kier alpha value is -0.540. The molecule has 16 heavy (non-hydrogen) atoms. The van der Waals surface area contributed by atoms with Crippen molar-refractivity contribution in [3.05, 3.63) is 28.7 Å². The first kappa shape index (κ1) is 13.5. The standard InChI is InChI=1S/C13H20BrNO/c1-13(2,3)8-10(15)9-16-12-7-5-4-6-11(12)14/h4-7,10H,8-9,15H2,1-3H3. The van der Waals surface area contributed by atoms with E-state index in [2.05, 4.69) is 36.7 Å². The SMILES string of the molecule is CC(C)(C)CC(N)COc1ccccc1Br. The average molecular weight is 286 g/mol. The number of para-hydroxylation sites is 1. The Labute approximate surface area is 106 Å². The largest absolute Gasteiger partial charge is 0.491 e. The Kier molecular flexibility index (Phi) is 4.81. The zero-order valence-electron chi connectivity index (χ0n) is 10.2. The van der Waals surface area contributed by atoms with E-state index in [1.54, 1.807) is 0 Å². The molecule has 90 valence electrons. The van der Waals surface area contributed by atoms with Crippen LogP contribution >= 0.6 is 15.9 Å². The van der Waals surface area contributed by atoms with E-state index >= 15 is 0 Å². The van der Waals surface area contributed by atoms with Gasteiger partial charge < -0.3 is 10.5 Å². The molecule has 0 spiro atoms. The molecule has 0 radical (unpaired) electrons. The third-order valence-electron chi connectivity index (χ3n) is 2.16. The van der Waals surface area contributed by atoms with Crippen LogP contribution in [0, 0.1) is 5.41 Å². The van der Waals surface area contributed by atoms with Crippen LogP contribution in [0.25, 0.3) is 0 Å². The summed E-state index contributed by atoms with van der Waals surface area (Å²) in [4.78, 5) is 0. The molecule has 0 aliphatic rings. The Morgan fingerprint density at radius 1 is 1.31 bits per heavy atom. The summed E-state index contributed by atoms with van der Waals surface area (Å²) < 4.78 is 6.64. The van der Waals surface area contributed by atoms with E-state index in [9.17, 15) is 0 Å². The molecule has 2 N–H and O–H groups in total. The average Bonchev–Trinajstić information content (AvgIpc) is 2.14. The summed E-state index contributed by atoms with van der Waals surface area (Å²) >= 11 is 3.44. The third-order valence-corrected chi connectivity index (χ3v) is 2.82. The van der Waals surface area contributed by atoms with Gasteiger partial charge in [-0.3, -0.25) is 0 Å². The maximum Gasteiger partial charge on any atom is 0.133 e. The highest BCUT2D eigenvalue weighted by atomic mass is 79.9. The zero-order chi connectivity index (χ0) is 12.2. The molecule has 1 aromatic rings. The van der Waals surface area contributed by atoms with Crippen molar-refractivity contribution in [2.24, 2.45) is 11.1 Å². The summed E-state index contributed by atoms with van der Waals surface area (Å²) in [5, 5.41) is 0. The molecule has 0 bridgehead atoms. The van der Waals surface area contributed by atoms with Crippen LogP contribution < -0.4 is 10.5 Å². The van der Waals surface area contributed by atoms with Crippen molar-refractivity contribution in [1.82, 2.24) is 0 Å². The number of hydrogen-bond acceptors (Lipinski definition) is 2. The molecule has 0 aromatic heterocycles. The first-order valence-corrected chi connectivity index (χ1v) is 6.31. The van der Waals surface area contributed by atoms with Gasteiger partial charge in [0.15, 0.2) is 0 Å². The second-order valence-electron chi connectivity index (χ2n) is 5.27. The third kappa shape index (κ3) is 4.99. The van der Waals surface area contributed by atoms with Crippen LogP contribution in [0.5, 0.6) is 5.75 Å². The van der Waals surface area contributed by atoms with E-state index in [4.69, 9.17) is 10.5 Å². The topological polar surface area (TPSA) is 35.2 Å². The Morgan fingerprint density at radius 3 is 2.50 bits per heavy atom. The van der Waals surface area contributed by atoms with Crippen molar-refractivity contribution in [2.45, 2.75) is 33.2 Å². The van der Waals surface area contributed by atoms with Crippen molar-refractivity contribution in [1.29, 1.82) is 0 Å². The summed E-state index contributed by atoms with van der Waals surface area (Å²) in [7, 11) is 0. The van der Waals surface area contributed by atoms with E-state index in [-0.39, 0.29) is 11.5 Å². The molecule has 0 saturated heterocycles. The lowest BCUT2D eigenvalue weighted by atomic mass is 9.89. The first-order chi connectivity index (χ1) is 7.38. The van der Waals surface area contributed by atoms with E-state index in [1.165, 1.54) is 0 Å². The molecule has 0 aliphatic heterocycles. The van der Waals surface area contributed by atoms with Gasteiger partial charge in [0.25, 0.3) is 0 Å². The van der Waals surface area contributed by atoms with Gasteiger partial charge in [-0.25, -0.2) is 0 Å². The summed E-state index contributed by atoms with van der Waals surface area (Å²) in [5.74, 6) is 0.854. The Morgan fingerprint density at radius 2 is 1.94 bits per heavy atom. The number of hydrogen-bond donors (Lipinski definition) is 1. The van der Waals surface area contributed by atoms with Crippen LogP contribution in [0.15, 0.2) is 28.7 Å². The lowest BCUT2D eigenvalue weighted by Gasteiger charge is -2.23. The predicted octanol–water partition coefficient (Wildman–Crippen LogP) is 3.59. The van der Waals surface area contributed by atoms with Crippen LogP contribution in [0.3, 0.4) is 0 Å². The lowest BCUT2D eigenvalue weighted by molar-refractivity contribution is 0.240. The van der Waals surface area contributed by atoms with E-state index in [0.717, 1.165) is 16.6 Å². The molecule has 1 unspecified atom stereocenters. The van der Waals surface area contributed by atoms with Crippen LogP contribution in [0.4, 0.5) is 0 Å². The maximum absolute atomic E-state index is 6.02. The van der Waals surface area contributed by atoms with Crippen LogP contribution in [-0.4, -0.2) is 12.6 Å². The zero-order valence-corrected chi connectivity index (χ0v) is 11.8. The number of halogens is 1. The van der Waals surface area contributed by atoms with Crippen LogP contribution in [0.2, 0.25) is 0 Å². The van der Waals surface area contributed by atoms with E-state index in [0.29, 0.717) is 6.61 Å². The molecule has 0 amide bonds. The highest BCUT2D eigenvalue weighted by Crippen LogP contribution is 2.25. The van der Waals surface area contributed by atoms with Gasteiger partial charge in [0.1, 0.15) is 12.4 Å². The molecular formula is C13H20BrNO. The molecule has 1 rings (SSSR count). The van der Waals surface area contributed by atoms with Crippen molar-refractivity contribution < 1.29 is 4.74 Å². The number of benzene rings is 1. The monoisotopic (exact) mass is 285 g/mol. The molecule has 0 heterocycles. The van der Waals surface area contributed by atoms with Crippen molar-refractivity contribution in [3.63, 3.8) is 0 Å². The highest BCUT2D eigenvalue weighted by molar-refractivity contribution is 9.10. The summed E-state index contributed by atoms with van der Waals surface area (Å²) in [5.41, 5.74) is 6.26. The molecule has 0 saturated carbocycles. The normalized spacial score (nSPS) is 13.6. The fraction of sp³-hybridized carbons (Fsp3) is 0.538. The minimum Gasteiger partial charge on any atom is -0.491 e.